The average Bonchev–Trinajstić information content (AvgIpc) is 2.69. The molecular formula is C19H21ClN4OS. The molecule has 0 bridgehead atoms. The van der Waals surface area contributed by atoms with E-state index >= 15 is 0 Å². The predicted octanol–water partition coefficient (Wildman–Crippen LogP) is 3.69. The Labute approximate surface area is 163 Å². The normalized spacial score (nSPS) is 15.9. The number of hydrogen-bond acceptors (Lipinski definition) is 5. The number of nitriles is 1. The lowest BCUT2D eigenvalue weighted by molar-refractivity contribution is 0.156. The monoisotopic (exact) mass is 388 g/mol. The molecule has 0 aromatic heterocycles. The van der Waals surface area contributed by atoms with Crippen molar-refractivity contribution in [3.8, 4) is 11.9 Å². The number of piperazine rings is 1. The van der Waals surface area contributed by atoms with Crippen LogP contribution in [-0.4, -0.2) is 60.6 Å². The van der Waals surface area contributed by atoms with Gasteiger partial charge in [-0.25, -0.2) is 0 Å². The Balaban J connectivity index is 1.52. The fourth-order valence-corrected chi connectivity index (χ4v) is 3.90. The van der Waals surface area contributed by atoms with Crippen molar-refractivity contribution in [3.05, 3.63) is 41.4 Å². The van der Waals surface area contributed by atoms with Gasteiger partial charge in [-0.2, -0.15) is 5.26 Å². The quantitative estimate of drug-likeness (QED) is 0.454. The minimum absolute atomic E-state index is 0.632. The molecule has 136 valence electrons. The van der Waals surface area contributed by atoms with Crippen molar-refractivity contribution >= 4 is 39.3 Å². The van der Waals surface area contributed by atoms with Gasteiger partial charge in [-0.05, 0) is 18.4 Å². The van der Waals surface area contributed by atoms with E-state index in [4.69, 9.17) is 21.6 Å². The van der Waals surface area contributed by atoms with E-state index in [1.54, 1.807) is 0 Å². The Morgan fingerprint density at radius 1 is 1.19 bits per heavy atom. The van der Waals surface area contributed by atoms with Crippen molar-refractivity contribution in [1.82, 2.24) is 9.80 Å². The minimum atomic E-state index is 0.632. The third-order valence-corrected chi connectivity index (χ3v) is 5.51. The standard InChI is InChI=1S/C19H21ClN4OS/c1-26-19(22-14-21)24-10-8-23(9-11-24)12-13-25-18-7-6-17(20)15-4-2-3-5-16(15)18/h2-7H,8-13H2,1H3/b22-19-. The molecule has 0 spiro atoms. The first kappa shape index (κ1) is 18.8. The first-order valence-electron chi connectivity index (χ1n) is 8.51. The highest BCUT2D eigenvalue weighted by molar-refractivity contribution is 8.13. The first-order chi connectivity index (χ1) is 12.7. The van der Waals surface area contributed by atoms with E-state index in [0.717, 1.165) is 59.4 Å². The first-order valence-corrected chi connectivity index (χ1v) is 10.1. The number of halogens is 1. The molecule has 2 aromatic carbocycles. The summed E-state index contributed by atoms with van der Waals surface area (Å²) in [6, 6.07) is 11.8. The molecule has 26 heavy (non-hydrogen) atoms. The van der Waals surface area contributed by atoms with Crippen LogP contribution in [0, 0.1) is 11.5 Å². The second kappa shape index (κ2) is 9.13. The number of benzene rings is 2. The maximum atomic E-state index is 8.75. The summed E-state index contributed by atoms with van der Waals surface area (Å²) in [6.45, 7) is 5.14. The maximum absolute atomic E-state index is 8.75. The van der Waals surface area contributed by atoms with Gasteiger partial charge in [0, 0.05) is 48.5 Å². The Kier molecular flexibility index (Phi) is 6.62. The third kappa shape index (κ3) is 4.42. The number of aliphatic imine (C=N–C) groups is 1. The number of fused-ring (bicyclic) bond motifs is 1. The van der Waals surface area contributed by atoms with Crippen molar-refractivity contribution in [2.45, 2.75) is 0 Å². The van der Waals surface area contributed by atoms with Crippen LogP contribution in [0.2, 0.25) is 5.02 Å². The van der Waals surface area contributed by atoms with Crippen LogP contribution in [0.15, 0.2) is 41.4 Å². The second-order valence-corrected chi connectivity index (χ2v) is 7.15. The lowest BCUT2D eigenvalue weighted by Gasteiger charge is -2.35. The van der Waals surface area contributed by atoms with Crippen LogP contribution >= 0.6 is 23.4 Å². The molecule has 7 heteroatoms. The second-order valence-electron chi connectivity index (χ2n) is 5.97. The molecule has 0 saturated carbocycles. The lowest BCUT2D eigenvalue weighted by atomic mass is 10.1. The minimum Gasteiger partial charge on any atom is -0.492 e. The number of rotatable bonds is 4. The van der Waals surface area contributed by atoms with Crippen molar-refractivity contribution in [2.24, 2.45) is 4.99 Å². The number of hydrogen-bond donors (Lipinski definition) is 0. The summed E-state index contributed by atoms with van der Waals surface area (Å²) in [4.78, 5) is 8.42. The van der Waals surface area contributed by atoms with E-state index in [1.807, 2.05) is 48.8 Å². The summed E-state index contributed by atoms with van der Waals surface area (Å²) in [5.74, 6) is 0.870. The summed E-state index contributed by atoms with van der Waals surface area (Å²) in [7, 11) is 0. The van der Waals surface area contributed by atoms with Crippen molar-refractivity contribution < 1.29 is 4.74 Å². The van der Waals surface area contributed by atoms with Gasteiger partial charge in [0.05, 0.1) is 0 Å². The van der Waals surface area contributed by atoms with E-state index in [2.05, 4.69) is 14.8 Å². The highest BCUT2D eigenvalue weighted by atomic mass is 35.5. The van der Waals surface area contributed by atoms with Gasteiger partial charge < -0.3 is 9.64 Å². The Morgan fingerprint density at radius 3 is 2.62 bits per heavy atom. The highest BCUT2D eigenvalue weighted by Crippen LogP contribution is 2.31. The van der Waals surface area contributed by atoms with Gasteiger partial charge in [0.1, 0.15) is 12.4 Å². The highest BCUT2D eigenvalue weighted by Gasteiger charge is 2.19. The number of nitrogens with zero attached hydrogens (tertiary/aromatic N) is 4. The molecule has 0 amide bonds. The van der Waals surface area contributed by atoms with Crippen molar-refractivity contribution in [3.63, 3.8) is 0 Å². The molecule has 1 saturated heterocycles. The van der Waals surface area contributed by atoms with Crippen LogP contribution in [0.25, 0.3) is 10.8 Å². The molecule has 2 aromatic rings. The van der Waals surface area contributed by atoms with Crippen LogP contribution in [-0.2, 0) is 0 Å². The van der Waals surface area contributed by atoms with E-state index in [0.29, 0.717) is 6.61 Å². The molecule has 1 heterocycles. The largest absolute Gasteiger partial charge is 0.492 e. The molecule has 1 fully saturated rings. The van der Waals surface area contributed by atoms with E-state index < -0.39 is 0 Å². The van der Waals surface area contributed by atoms with Crippen LogP contribution in [0.3, 0.4) is 0 Å². The summed E-state index contributed by atoms with van der Waals surface area (Å²) in [5.41, 5.74) is 0. The van der Waals surface area contributed by atoms with E-state index in [-0.39, 0.29) is 0 Å². The maximum Gasteiger partial charge on any atom is 0.208 e. The molecule has 5 nitrogen and oxygen atoms in total. The lowest BCUT2D eigenvalue weighted by Crippen LogP contribution is -2.48. The zero-order valence-corrected chi connectivity index (χ0v) is 16.3. The molecule has 1 aliphatic rings. The zero-order valence-electron chi connectivity index (χ0n) is 14.7. The fourth-order valence-electron chi connectivity index (χ4n) is 3.10. The molecule has 0 unspecified atom stereocenters. The number of amidine groups is 1. The molecular weight excluding hydrogens is 368 g/mol. The molecule has 0 N–H and O–H groups in total. The Bertz CT molecular complexity index is 828. The topological polar surface area (TPSA) is 51.9 Å². The molecule has 1 aliphatic heterocycles. The summed E-state index contributed by atoms with van der Waals surface area (Å²) in [5, 5.41) is 12.4. The van der Waals surface area contributed by atoms with Gasteiger partial charge in [-0.15, -0.1) is 4.99 Å². The van der Waals surface area contributed by atoms with Gasteiger partial charge in [0.25, 0.3) is 0 Å². The molecule has 0 atom stereocenters. The van der Waals surface area contributed by atoms with Crippen molar-refractivity contribution in [2.75, 3.05) is 45.6 Å². The number of ether oxygens (including phenoxy) is 1. The van der Waals surface area contributed by atoms with Crippen LogP contribution < -0.4 is 4.74 Å². The smallest absolute Gasteiger partial charge is 0.208 e. The van der Waals surface area contributed by atoms with Crippen molar-refractivity contribution in [1.29, 1.82) is 5.26 Å². The van der Waals surface area contributed by atoms with E-state index in [1.165, 1.54) is 11.8 Å². The summed E-state index contributed by atoms with van der Waals surface area (Å²) in [6.07, 6.45) is 3.83. The summed E-state index contributed by atoms with van der Waals surface area (Å²) >= 11 is 7.78. The summed E-state index contributed by atoms with van der Waals surface area (Å²) < 4.78 is 6.03. The molecule has 3 rings (SSSR count). The SMILES string of the molecule is CS/C(=N\C#N)N1CCN(CCOc2ccc(Cl)c3ccccc23)CC1. The van der Waals surface area contributed by atoms with Crippen LogP contribution in [0.1, 0.15) is 0 Å². The Morgan fingerprint density at radius 2 is 1.92 bits per heavy atom. The van der Waals surface area contributed by atoms with Gasteiger partial charge in [-0.3, -0.25) is 4.90 Å². The van der Waals surface area contributed by atoms with Crippen LogP contribution in [0.5, 0.6) is 5.75 Å². The van der Waals surface area contributed by atoms with Gasteiger partial charge in [0.15, 0.2) is 5.17 Å². The van der Waals surface area contributed by atoms with Gasteiger partial charge in [-0.1, -0.05) is 47.6 Å². The van der Waals surface area contributed by atoms with Crippen LogP contribution in [0.4, 0.5) is 0 Å². The zero-order chi connectivity index (χ0) is 18.4. The third-order valence-electron chi connectivity index (χ3n) is 4.47. The van der Waals surface area contributed by atoms with Gasteiger partial charge in [0.2, 0.25) is 6.19 Å². The molecule has 0 aliphatic carbocycles. The van der Waals surface area contributed by atoms with E-state index in [9.17, 15) is 0 Å². The number of thioether (sulfide) groups is 1. The van der Waals surface area contributed by atoms with Gasteiger partial charge >= 0.3 is 0 Å². The fraction of sp³-hybridized carbons (Fsp3) is 0.368. The Hall–Kier alpha value is -1.94. The average molecular weight is 389 g/mol. The molecule has 0 radical (unpaired) electrons. The predicted molar refractivity (Wildman–Crippen MR) is 109 cm³/mol.